The van der Waals surface area contributed by atoms with Gasteiger partial charge in [0.15, 0.2) is 5.65 Å². The molecule has 2 aliphatic rings. The molecule has 7 heteroatoms. The van der Waals surface area contributed by atoms with Crippen LogP contribution in [0.25, 0.3) is 11.2 Å². The summed E-state index contributed by atoms with van der Waals surface area (Å²) in [6.45, 7) is 8.20. The van der Waals surface area contributed by atoms with Gasteiger partial charge in [-0.1, -0.05) is 0 Å². The van der Waals surface area contributed by atoms with Crippen LogP contribution >= 0.6 is 11.7 Å². The Bertz CT molecular complexity index is 615. The van der Waals surface area contributed by atoms with Crippen molar-refractivity contribution in [3.8, 4) is 0 Å². The first-order chi connectivity index (χ1) is 10.9. The van der Waals surface area contributed by atoms with Gasteiger partial charge in [0.05, 0.1) is 17.4 Å². The Kier molecular flexibility index (Phi) is 4.18. The quantitative estimate of drug-likeness (QED) is 0.918. The van der Waals surface area contributed by atoms with Crippen molar-refractivity contribution in [2.75, 3.05) is 50.7 Å². The van der Waals surface area contributed by atoms with E-state index in [1.54, 1.807) is 0 Å². The van der Waals surface area contributed by atoms with Gasteiger partial charge in [-0.05, 0) is 24.8 Å². The highest BCUT2D eigenvalue weighted by atomic mass is 32.1. The molecule has 22 heavy (non-hydrogen) atoms. The Morgan fingerprint density at radius 2 is 1.95 bits per heavy atom. The second kappa shape index (κ2) is 6.44. The van der Waals surface area contributed by atoms with Gasteiger partial charge in [0.25, 0.3) is 0 Å². The van der Waals surface area contributed by atoms with E-state index in [-0.39, 0.29) is 0 Å². The van der Waals surface area contributed by atoms with Gasteiger partial charge in [0, 0.05) is 52.0 Å². The van der Waals surface area contributed by atoms with Gasteiger partial charge in [0.2, 0.25) is 0 Å². The molecule has 2 fully saturated rings. The van der Waals surface area contributed by atoms with Crippen molar-refractivity contribution in [3.05, 3.63) is 12.3 Å². The smallest absolute Gasteiger partial charge is 0.195 e. The number of hydrogen-bond donors (Lipinski definition) is 1. The molecule has 0 saturated carbocycles. The van der Waals surface area contributed by atoms with Crippen molar-refractivity contribution in [1.29, 1.82) is 0 Å². The van der Waals surface area contributed by atoms with E-state index >= 15 is 0 Å². The first-order valence-corrected chi connectivity index (χ1v) is 8.88. The molecule has 6 nitrogen and oxygen atoms in total. The van der Waals surface area contributed by atoms with Crippen LogP contribution in [0.3, 0.4) is 0 Å². The van der Waals surface area contributed by atoms with Crippen LogP contribution < -0.4 is 10.2 Å². The first kappa shape index (κ1) is 14.3. The lowest BCUT2D eigenvalue weighted by atomic mass is 9.95. The highest BCUT2D eigenvalue weighted by Crippen LogP contribution is 2.28. The molecule has 118 valence electrons. The average Bonchev–Trinajstić information content (AvgIpc) is 3.05. The third-order valence-corrected chi connectivity index (χ3v) is 5.34. The van der Waals surface area contributed by atoms with Crippen LogP contribution in [0.5, 0.6) is 0 Å². The van der Waals surface area contributed by atoms with E-state index in [0.29, 0.717) is 0 Å². The predicted octanol–water partition coefficient (Wildman–Crippen LogP) is 1.21. The molecule has 0 unspecified atom stereocenters. The Hall–Kier alpha value is -1.31. The molecule has 0 bridgehead atoms. The van der Waals surface area contributed by atoms with Gasteiger partial charge < -0.3 is 15.1 Å². The SMILES string of the molecule is c1cc(N2CCC(CN3CCNCC3)CC2)c2nsnc2n1. The summed E-state index contributed by atoms with van der Waals surface area (Å²) in [7, 11) is 0. The summed E-state index contributed by atoms with van der Waals surface area (Å²) in [4.78, 5) is 9.36. The summed E-state index contributed by atoms with van der Waals surface area (Å²) >= 11 is 1.25. The van der Waals surface area contributed by atoms with Gasteiger partial charge in [-0.25, -0.2) is 4.98 Å². The molecule has 0 aromatic carbocycles. The van der Waals surface area contributed by atoms with Crippen LogP contribution in [0.2, 0.25) is 0 Å². The minimum absolute atomic E-state index is 0.783. The van der Waals surface area contributed by atoms with Crippen LogP contribution in [0.15, 0.2) is 12.3 Å². The standard InChI is InChI=1S/C15H22N6S/c1-4-17-15-14(18-22-19-15)13(1)21-7-2-12(3-8-21)11-20-9-5-16-6-10-20/h1,4,12,16H,2-3,5-11H2. The number of nitrogens with one attached hydrogen (secondary N) is 1. The lowest BCUT2D eigenvalue weighted by molar-refractivity contribution is 0.190. The van der Waals surface area contributed by atoms with Gasteiger partial charge in [-0.15, -0.1) is 0 Å². The van der Waals surface area contributed by atoms with Gasteiger partial charge in [0.1, 0.15) is 5.52 Å². The topological polar surface area (TPSA) is 57.2 Å². The second-order valence-corrected chi connectivity index (χ2v) is 6.78. The van der Waals surface area contributed by atoms with Crippen molar-refractivity contribution in [2.24, 2.45) is 5.92 Å². The lowest BCUT2D eigenvalue weighted by Crippen LogP contribution is -2.46. The van der Waals surface area contributed by atoms with Crippen LogP contribution in [-0.2, 0) is 0 Å². The van der Waals surface area contributed by atoms with Crippen molar-refractivity contribution in [1.82, 2.24) is 23.9 Å². The number of fused-ring (bicyclic) bond motifs is 1. The fraction of sp³-hybridized carbons (Fsp3) is 0.667. The molecule has 0 amide bonds. The number of pyridine rings is 1. The highest BCUT2D eigenvalue weighted by molar-refractivity contribution is 7.00. The van der Waals surface area contributed by atoms with Crippen molar-refractivity contribution >= 4 is 28.6 Å². The molecule has 2 aromatic rings. The molecular formula is C15H22N6S. The van der Waals surface area contributed by atoms with Crippen LogP contribution in [0.4, 0.5) is 5.69 Å². The number of piperidine rings is 1. The number of anilines is 1. The Balaban J connectivity index is 1.38. The first-order valence-electron chi connectivity index (χ1n) is 8.15. The molecule has 0 spiro atoms. The van der Waals surface area contributed by atoms with E-state index < -0.39 is 0 Å². The van der Waals surface area contributed by atoms with Gasteiger partial charge >= 0.3 is 0 Å². The molecule has 2 saturated heterocycles. The monoisotopic (exact) mass is 318 g/mol. The zero-order valence-electron chi connectivity index (χ0n) is 12.7. The number of rotatable bonds is 3. The van der Waals surface area contributed by atoms with Crippen LogP contribution in [-0.4, -0.2) is 64.4 Å². The summed E-state index contributed by atoms with van der Waals surface area (Å²) in [6.07, 6.45) is 4.39. The average molecular weight is 318 g/mol. The molecule has 4 heterocycles. The van der Waals surface area contributed by atoms with Crippen molar-refractivity contribution in [2.45, 2.75) is 12.8 Å². The van der Waals surface area contributed by atoms with Gasteiger partial charge in [-0.3, -0.25) is 0 Å². The maximum atomic E-state index is 4.42. The second-order valence-electron chi connectivity index (χ2n) is 6.25. The number of aromatic nitrogens is 3. The summed E-state index contributed by atoms with van der Waals surface area (Å²) in [5, 5.41) is 3.43. The van der Waals surface area contributed by atoms with Crippen LogP contribution in [0, 0.1) is 5.92 Å². The van der Waals surface area contributed by atoms with Crippen LogP contribution in [0.1, 0.15) is 12.8 Å². The zero-order chi connectivity index (χ0) is 14.8. The molecule has 1 N–H and O–H groups in total. The summed E-state index contributed by atoms with van der Waals surface area (Å²) in [6, 6.07) is 2.08. The molecule has 2 aromatic heterocycles. The molecule has 2 aliphatic heterocycles. The predicted molar refractivity (Wildman–Crippen MR) is 89.5 cm³/mol. The Morgan fingerprint density at radius 1 is 1.14 bits per heavy atom. The van der Waals surface area contributed by atoms with E-state index in [1.165, 1.54) is 49.9 Å². The fourth-order valence-electron chi connectivity index (χ4n) is 3.56. The minimum atomic E-state index is 0.783. The van der Waals surface area contributed by atoms with E-state index in [9.17, 15) is 0 Å². The summed E-state index contributed by atoms with van der Waals surface area (Å²) in [5.74, 6) is 0.834. The van der Waals surface area contributed by atoms with E-state index in [0.717, 1.165) is 43.3 Å². The van der Waals surface area contributed by atoms with E-state index in [1.807, 2.05) is 6.20 Å². The van der Waals surface area contributed by atoms with Gasteiger partial charge in [-0.2, -0.15) is 8.75 Å². The molecular weight excluding hydrogens is 296 g/mol. The molecule has 0 radical (unpaired) electrons. The number of piperazine rings is 1. The molecule has 0 aliphatic carbocycles. The summed E-state index contributed by atoms with van der Waals surface area (Å²) < 4.78 is 8.66. The molecule has 4 rings (SSSR count). The maximum Gasteiger partial charge on any atom is 0.195 e. The highest BCUT2D eigenvalue weighted by Gasteiger charge is 2.23. The lowest BCUT2D eigenvalue weighted by Gasteiger charge is -2.37. The Labute approximate surface area is 134 Å². The fourth-order valence-corrected chi connectivity index (χ4v) is 4.07. The van der Waals surface area contributed by atoms with Crippen molar-refractivity contribution < 1.29 is 0 Å². The largest absolute Gasteiger partial charge is 0.370 e. The third kappa shape index (κ3) is 2.93. The van der Waals surface area contributed by atoms with Crippen molar-refractivity contribution in [3.63, 3.8) is 0 Å². The maximum absolute atomic E-state index is 4.42. The minimum Gasteiger partial charge on any atom is -0.370 e. The third-order valence-electron chi connectivity index (χ3n) is 4.82. The zero-order valence-corrected chi connectivity index (χ0v) is 13.6. The number of nitrogens with zero attached hydrogens (tertiary/aromatic N) is 5. The summed E-state index contributed by atoms with van der Waals surface area (Å²) in [5.41, 5.74) is 2.96. The van der Waals surface area contributed by atoms with E-state index in [2.05, 4.69) is 34.9 Å². The van der Waals surface area contributed by atoms with E-state index in [4.69, 9.17) is 0 Å². The number of hydrogen-bond acceptors (Lipinski definition) is 7. The normalized spacial score (nSPS) is 21.5. The molecule has 0 atom stereocenters. The Morgan fingerprint density at radius 3 is 2.77 bits per heavy atom.